The molecule has 2 aromatic rings. The summed E-state index contributed by atoms with van der Waals surface area (Å²) >= 11 is 0. The SMILES string of the molecule is CCn1ccnc1C(O)c1cc(C)nc(C)c1. The molecule has 1 N–H and O–H groups in total. The first-order chi connectivity index (χ1) is 8.11. The van der Waals surface area contributed by atoms with Crippen LogP contribution in [0.25, 0.3) is 0 Å². The van der Waals surface area contributed by atoms with Gasteiger partial charge < -0.3 is 9.67 Å². The Kier molecular flexibility index (Phi) is 3.24. The Labute approximate surface area is 101 Å². The van der Waals surface area contributed by atoms with E-state index in [2.05, 4.69) is 9.97 Å². The summed E-state index contributed by atoms with van der Waals surface area (Å²) in [6, 6.07) is 3.79. The first-order valence-electron chi connectivity index (χ1n) is 5.76. The van der Waals surface area contributed by atoms with Crippen LogP contribution < -0.4 is 0 Å². The van der Waals surface area contributed by atoms with Crippen molar-refractivity contribution in [3.8, 4) is 0 Å². The average molecular weight is 231 g/mol. The minimum Gasteiger partial charge on any atom is -0.380 e. The van der Waals surface area contributed by atoms with Crippen molar-refractivity contribution in [2.24, 2.45) is 0 Å². The van der Waals surface area contributed by atoms with E-state index in [0.717, 1.165) is 23.5 Å². The summed E-state index contributed by atoms with van der Waals surface area (Å²) in [5, 5.41) is 10.3. The van der Waals surface area contributed by atoms with Crippen LogP contribution in [0.4, 0.5) is 0 Å². The van der Waals surface area contributed by atoms with Gasteiger partial charge in [0, 0.05) is 30.3 Å². The van der Waals surface area contributed by atoms with Crippen LogP contribution in [0.3, 0.4) is 0 Å². The topological polar surface area (TPSA) is 50.9 Å². The van der Waals surface area contributed by atoms with Gasteiger partial charge in [-0.1, -0.05) is 0 Å². The molecule has 2 aromatic heterocycles. The molecule has 2 heterocycles. The first kappa shape index (κ1) is 11.8. The summed E-state index contributed by atoms with van der Waals surface area (Å²) in [5.41, 5.74) is 2.67. The van der Waals surface area contributed by atoms with Gasteiger partial charge in [0.25, 0.3) is 0 Å². The van der Waals surface area contributed by atoms with E-state index in [1.54, 1.807) is 6.20 Å². The Hall–Kier alpha value is -1.68. The second-order valence-corrected chi connectivity index (χ2v) is 4.16. The molecule has 0 aromatic carbocycles. The maximum atomic E-state index is 10.3. The molecule has 0 amide bonds. The fourth-order valence-electron chi connectivity index (χ4n) is 2.01. The highest BCUT2D eigenvalue weighted by molar-refractivity contribution is 5.26. The van der Waals surface area contributed by atoms with E-state index >= 15 is 0 Å². The Morgan fingerprint density at radius 2 is 1.94 bits per heavy atom. The van der Waals surface area contributed by atoms with Gasteiger partial charge in [0.2, 0.25) is 0 Å². The fraction of sp³-hybridized carbons (Fsp3) is 0.385. The van der Waals surface area contributed by atoms with Crippen molar-refractivity contribution >= 4 is 0 Å². The number of pyridine rings is 1. The Morgan fingerprint density at radius 1 is 1.29 bits per heavy atom. The Balaban J connectivity index is 2.39. The quantitative estimate of drug-likeness (QED) is 0.879. The molecule has 90 valence electrons. The third-order valence-corrected chi connectivity index (χ3v) is 2.75. The summed E-state index contributed by atoms with van der Waals surface area (Å²) < 4.78 is 1.94. The van der Waals surface area contributed by atoms with Gasteiger partial charge in [-0.15, -0.1) is 0 Å². The lowest BCUT2D eigenvalue weighted by molar-refractivity contribution is 0.204. The smallest absolute Gasteiger partial charge is 0.142 e. The van der Waals surface area contributed by atoms with Crippen LogP contribution in [-0.2, 0) is 6.54 Å². The van der Waals surface area contributed by atoms with Gasteiger partial charge in [0.1, 0.15) is 11.9 Å². The number of imidazole rings is 1. The van der Waals surface area contributed by atoms with E-state index in [1.165, 1.54) is 0 Å². The van der Waals surface area contributed by atoms with Crippen molar-refractivity contribution in [3.63, 3.8) is 0 Å². The highest BCUT2D eigenvalue weighted by Crippen LogP contribution is 2.21. The third kappa shape index (κ3) is 2.36. The van der Waals surface area contributed by atoms with Crippen LogP contribution in [0, 0.1) is 13.8 Å². The molecule has 4 heteroatoms. The van der Waals surface area contributed by atoms with Crippen molar-refractivity contribution < 1.29 is 5.11 Å². The molecule has 0 fully saturated rings. The second-order valence-electron chi connectivity index (χ2n) is 4.16. The van der Waals surface area contributed by atoms with Crippen molar-refractivity contribution in [3.05, 3.63) is 47.3 Å². The highest BCUT2D eigenvalue weighted by atomic mass is 16.3. The van der Waals surface area contributed by atoms with Crippen LogP contribution in [0.1, 0.15) is 35.8 Å². The fourth-order valence-corrected chi connectivity index (χ4v) is 2.01. The van der Waals surface area contributed by atoms with Gasteiger partial charge in [-0.05, 0) is 38.5 Å². The van der Waals surface area contributed by atoms with E-state index < -0.39 is 6.10 Å². The molecule has 0 aliphatic rings. The number of aromatic nitrogens is 3. The van der Waals surface area contributed by atoms with Crippen LogP contribution >= 0.6 is 0 Å². The van der Waals surface area contributed by atoms with E-state index in [-0.39, 0.29) is 0 Å². The molecule has 1 atom stereocenters. The van der Waals surface area contributed by atoms with Gasteiger partial charge in [-0.2, -0.15) is 0 Å². The van der Waals surface area contributed by atoms with Gasteiger partial charge in [0.05, 0.1) is 0 Å². The summed E-state index contributed by atoms with van der Waals surface area (Å²) in [7, 11) is 0. The first-order valence-corrected chi connectivity index (χ1v) is 5.76. The highest BCUT2D eigenvalue weighted by Gasteiger charge is 2.16. The van der Waals surface area contributed by atoms with Gasteiger partial charge in [-0.25, -0.2) is 4.98 Å². The van der Waals surface area contributed by atoms with E-state index in [9.17, 15) is 5.11 Å². The molecule has 4 nitrogen and oxygen atoms in total. The standard InChI is InChI=1S/C13H17N3O/c1-4-16-6-5-14-13(16)12(17)11-7-9(2)15-10(3)8-11/h5-8,12,17H,4H2,1-3H3. The molecule has 1 unspecified atom stereocenters. The van der Waals surface area contributed by atoms with Crippen LogP contribution in [-0.4, -0.2) is 19.6 Å². The number of aliphatic hydroxyl groups is 1. The van der Waals surface area contributed by atoms with Crippen LogP contribution in [0.5, 0.6) is 0 Å². The maximum Gasteiger partial charge on any atom is 0.142 e. The number of hydrogen-bond acceptors (Lipinski definition) is 3. The monoisotopic (exact) mass is 231 g/mol. The Morgan fingerprint density at radius 3 is 2.53 bits per heavy atom. The normalized spacial score (nSPS) is 12.7. The van der Waals surface area contributed by atoms with Crippen molar-refractivity contribution in [2.45, 2.75) is 33.4 Å². The summed E-state index contributed by atoms with van der Waals surface area (Å²) in [5.74, 6) is 0.678. The zero-order valence-corrected chi connectivity index (χ0v) is 10.4. The van der Waals surface area contributed by atoms with Gasteiger partial charge >= 0.3 is 0 Å². The molecule has 0 bridgehead atoms. The van der Waals surface area contributed by atoms with Crippen LogP contribution in [0.15, 0.2) is 24.5 Å². The van der Waals surface area contributed by atoms with E-state index in [0.29, 0.717) is 5.82 Å². The lowest BCUT2D eigenvalue weighted by atomic mass is 10.1. The molecule has 0 aliphatic carbocycles. The third-order valence-electron chi connectivity index (χ3n) is 2.75. The second kappa shape index (κ2) is 4.67. The minimum absolute atomic E-state index is 0.678. The molecular formula is C13H17N3O. The molecule has 2 rings (SSSR count). The number of nitrogens with zero attached hydrogens (tertiary/aromatic N) is 3. The molecule has 0 aliphatic heterocycles. The lowest BCUT2D eigenvalue weighted by Gasteiger charge is -2.13. The number of rotatable bonds is 3. The summed E-state index contributed by atoms with van der Waals surface area (Å²) in [6.07, 6.45) is 2.90. The van der Waals surface area contributed by atoms with Gasteiger partial charge in [-0.3, -0.25) is 4.98 Å². The van der Waals surface area contributed by atoms with E-state index in [1.807, 2.05) is 43.7 Å². The zero-order chi connectivity index (χ0) is 12.4. The number of aryl methyl sites for hydroxylation is 3. The molecular weight excluding hydrogens is 214 g/mol. The molecule has 17 heavy (non-hydrogen) atoms. The van der Waals surface area contributed by atoms with Crippen LogP contribution in [0.2, 0.25) is 0 Å². The van der Waals surface area contributed by atoms with Gasteiger partial charge in [0.15, 0.2) is 0 Å². The molecule has 0 saturated carbocycles. The molecule has 0 radical (unpaired) electrons. The largest absolute Gasteiger partial charge is 0.380 e. The Bertz CT molecular complexity index is 499. The average Bonchev–Trinajstić information content (AvgIpc) is 2.74. The minimum atomic E-state index is -0.689. The van der Waals surface area contributed by atoms with Crippen molar-refractivity contribution in [1.82, 2.24) is 14.5 Å². The summed E-state index contributed by atoms with van der Waals surface area (Å²) in [6.45, 7) is 6.68. The zero-order valence-electron chi connectivity index (χ0n) is 10.4. The molecule has 0 spiro atoms. The predicted octanol–water partition coefficient (Wildman–Crippen LogP) is 2.00. The number of hydrogen-bond donors (Lipinski definition) is 1. The summed E-state index contributed by atoms with van der Waals surface area (Å²) in [4.78, 5) is 8.52. The predicted molar refractivity (Wildman–Crippen MR) is 65.7 cm³/mol. The number of aliphatic hydroxyl groups excluding tert-OH is 1. The maximum absolute atomic E-state index is 10.3. The lowest BCUT2D eigenvalue weighted by Crippen LogP contribution is -2.09. The van der Waals surface area contributed by atoms with Crippen molar-refractivity contribution in [2.75, 3.05) is 0 Å². The van der Waals surface area contributed by atoms with Crippen molar-refractivity contribution in [1.29, 1.82) is 0 Å². The van der Waals surface area contributed by atoms with E-state index in [4.69, 9.17) is 0 Å². The molecule has 0 saturated heterocycles.